The Morgan fingerprint density at radius 1 is 0.978 bits per heavy atom. The molecule has 2 aromatic heterocycles. The highest BCUT2D eigenvalue weighted by molar-refractivity contribution is 7.90. The number of alkyl halides is 3. The predicted octanol–water partition coefficient (Wildman–Crippen LogP) is 6.33. The molecule has 0 bridgehead atoms. The molecular formula is C31H27F4N3O6S. The van der Waals surface area contributed by atoms with Crippen molar-refractivity contribution in [2.75, 3.05) is 6.26 Å². The molecule has 45 heavy (non-hydrogen) atoms. The van der Waals surface area contributed by atoms with Gasteiger partial charge in [0.25, 0.3) is 0 Å². The van der Waals surface area contributed by atoms with Gasteiger partial charge in [-0.1, -0.05) is 12.1 Å². The van der Waals surface area contributed by atoms with Gasteiger partial charge >= 0.3 is 6.36 Å². The minimum atomic E-state index is -4.89. The van der Waals surface area contributed by atoms with E-state index in [-0.39, 0.29) is 55.9 Å². The number of aliphatic hydroxyl groups excluding tert-OH is 1. The maximum absolute atomic E-state index is 14.8. The van der Waals surface area contributed by atoms with E-state index >= 15 is 0 Å². The lowest BCUT2D eigenvalue weighted by Gasteiger charge is -2.18. The van der Waals surface area contributed by atoms with Crippen molar-refractivity contribution in [3.05, 3.63) is 89.8 Å². The molecule has 0 spiro atoms. The quantitative estimate of drug-likeness (QED) is 0.188. The zero-order chi connectivity index (χ0) is 32.9. The number of nitrogens with zero attached hydrogens (tertiary/aromatic N) is 3. The van der Waals surface area contributed by atoms with E-state index in [4.69, 9.17) is 4.42 Å². The van der Waals surface area contributed by atoms with E-state index in [1.165, 1.54) is 61.1 Å². The first-order valence-corrected chi connectivity index (χ1v) is 15.2. The number of sulfone groups is 1. The fraction of sp³-hybridized carbons (Fsp3) is 0.226. The van der Waals surface area contributed by atoms with Crippen LogP contribution in [0.5, 0.6) is 5.75 Å². The Morgan fingerprint density at radius 2 is 1.64 bits per heavy atom. The highest BCUT2D eigenvalue weighted by atomic mass is 32.2. The van der Waals surface area contributed by atoms with Crippen molar-refractivity contribution in [1.29, 1.82) is 0 Å². The molecule has 0 atom stereocenters. The molecule has 0 unspecified atom stereocenters. The molecule has 0 aliphatic heterocycles. The highest BCUT2D eigenvalue weighted by Gasteiger charge is 2.32. The molecule has 9 nitrogen and oxygen atoms in total. The standard InChI is InChI=1S/C31H27F4N3O6S/c1-17-36-27(18-7-9-22(10-8-18)44-31(33,34)35)29(43-17)23-13-21(19-5-6-20(16-39)24(32)14-19)15-25(45(4,41)42)28(23)38-12-11-26(37-38)30(2,3)40/h5-15,39-40H,16H2,1-4H3. The van der Waals surface area contributed by atoms with Crippen LogP contribution in [0.15, 0.2) is 76.2 Å². The van der Waals surface area contributed by atoms with Crippen molar-refractivity contribution in [3.63, 3.8) is 0 Å². The SMILES string of the molecule is Cc1nc(-c2ccc(OC(F)(F)F)cc2)c(-c2cc(-c3ccc(CO)c(F)c3)cc(S(C)(=O)=O)c2-n2ccc(C(C)(C)O)n2)o1. The number of rotatable bonds is 8. The Morgan fingerprint density at radius 3 is 2.20 bits per heavy atom. The Kier molecular flexibility index (Phi) is 8.10. The number of aromatic nitrogens is 3. The van der Waals surface area contributed by atoms with E-state index in [0.717, 1.165) is 24.5 Å². The van der Waals surface area contributed by atoms with Gasteiger partial charge in [-0.05, 0) is 73.5 Å². The summed E-state index contributed by atoms with van der Waals surface area (Å²) in [5, 5.41) is 24.4. The number of aliphatic hydroxyl groups is 2. The van der Waals surface area contributed by atoms with Crippen LogP contribution in [0, 0.1) is 12.7 Å². The number of hydrogen-bond acceptors (Lipinski definition) is 8. The van der Waals surface area contributed by atoms with Crippen LogP contribution in [0.3, 0.4) is 0 Å². The molecule has 3 aromatic carbocycles. The first kappa shape index (κ1) is 31.9. The zero-order valence-electron chi connectivity index (χ0n) is 24.3. The summed E-state index contributed by atoms with van der Waals surface area (Å²) in [5.74, 6) is -0.963. The van der Waals surface area contributed by atoms with Crippen LogP contribution in [0.25, 0.3) is 39.4 Å². The average molecular weight is 646 g/mol. The van der Waals surface area contributed by atoms with Crippen molar-refractivity contribution < 1.29 is 45.3 Å². The van der Waals surface area contributed by atoms with Crippen molar-refractivity contribution in [2.45, 2.75) is 44.2 Å². The zero-order valence-corrected chi connectivity index (χ0v) is 25.2. The van der Waals surface area contributed by atoms with Crippen LogP contribution in [0.1, 0.15) is 31.0 Å². The van der Waals surface area contributed by atoms with Gasteiger partial charge in [0.15, 0.2) is 21.5 Å². The molecule has 0 fully saturated rings. The molecule has 0 aliphatic carbocycles. The van der Waals surface area contributed by atoms with Crippen LogP contribution in [-0.4, -0.2) is 46.0 Å². The molecule has 0 amide bonds. The van der Waals surface area contributed by atoms with Gasteiger partial charge in [0, 0.05) is 36.1 Å². The van der Waals surface area contributed by atoms with Crippen molar-refractivity contribution in [2.24, 2.45) is 0 Å². The first-order valence-electron chi connectivity index (χ1n) is 13.4. The fourth-order valence-electron chi connectivity index (χ4n) is 4.72. The minimum absolute atomic E-state index is 0.0265. The maximum atomic E-state index is 14.8. The highest BCUT2D eigenvalue weighted by Crippen LogP contribution is 2.42. The normalized spacial score (nSPS) is 12.5. The molecule has 0 saturated carbocycles. The number of oxazole rings is 1. The third kappa shape index (κ3) is 6.77. The molecule has 2 N–H and O–H groups in total. The van der Waals surface area contributed by atoms with Gasteiger partial charge in [-0.25, -0.2) is 22.5 Å². The van der Waals surface area contributed by atoms with E-state index in [9.17, 15) is 36.2 Å². The lowest BCUT2D eigenvalue weighted by molar-refractivity contribution is -0.274. The third-order valence-corrected chi connectivity index (χ3v) is 7.93. The van der Waals surface area contributed by atoms with Gasteiger partial charge in [-0.3, -0.25) is 0 Å². The molecule has 0 saturated heterocycles. The second kappa shape index (κ2) is 11.4. The summed E-state index contributed by atoms with van der Waals surface area (Å²) >= 11 is 0. The smallest absolute Gasteiger partial charge is 0.440 e. The Labute approximate surface area is 255 Å². The molecular weight excluding hydrogens is 618 g/mol. The second-order valence-electron chi connectivity index (χ2n) is 10.8. The largest absolute Gasteiger partial charge is 0.573 e. The summed E-state index contributed by atoms with van der Waals surface area (Å²) in [6.45, 7) is 4.02. The molecule has 0 aliphatic rings. The summed E-state index contributed by atoms with van der Waals surface area (Å²) in [6, 6.07) is 13.3. The summed E-state index contributed by atoms with van der Waals surface area (Å²) in [5.41, 5.74) is 0.109. The molecule has 236 valence electrons. The predicted molar refractivity (Wildman–Crippen MR) is 156 cm³/mol. The van der Waals surface area contributed by atoms with E-state index in [1.54, 1.807) is 13.0 Å². The molecule has 5 rings (SSSR count). The second-order valence-corrected chi connectivity index (χ2v) is 12.8. The molecule has 0 radical (unpaired) electrons. The Bertz CT molecular complexity index is 1990. The molecule has 2 heterocycles. The topological polar surface area (TPSA) is 128 Å². The van der Waals surface area contributed by atoms with Gasteiger partial charge < -0.3 is 19.4 Å². The van der Waals surface area contributed by atoms with E-state index in [0.29, 0.717) is 5.56 Å². The van der Waals surface area contributed by atoms with E-state index in [2.05, 4.69) is 14.8 Å². The van der Waals surface area contributed by atoms with Crippen LogP contribution < -0.4 is 4.74 Å². The van der Waals surface area contributed by atoms with Gasteiger partial charge in [0.2, 0.25) is 0 Å². The minimum Gasteiger partial charge on any atom is -0.440 e. The summed E-state index contributed by atoms with van der Waals surface area (Å²) in [6.07, 6.45) is -2.45. The number of aryl methyl sites for hydroxylation is 1. The number of halogens is 4. The number of hydrogen-bond donors (Lipinski definition) is 2. The van der Waals surface area contributed by atoms with Crippen LogP contribution >= 0.6 is 0 Å². The van der Waals surface area contributed by atoms with Crippen LogP contribution in [0.2, 0.25) is 0 Å². The lowest BCUT2D eigenvalue weighted by Crippen LogP contribution is -2.17. The Hall–Kier alpha value is -4.53. The molecule has 5 aromatic rings. The van der Waals surface area contributed by atoms with E-state index in [1.807, 2.05) is 0 Å². The van der Waals surface area contributed by atoms with E-state index < -0.39 is 40.0 Å². The summed E-state index contributed by atoms with van der Waals surface area (Å²) in [4.78, 5) is 4.21. The van der Waals surface area contributed by atoms with Gasteiger partial charge in [-0.2, -0.15) is 5.10 Å². The van der Waals surface area contributed by atoms with Crippen molar-refractivity contribution in [1.82, 2.24) is 14.8 Å². The van der Waals surface area contributed by atoms with Gasteiger partial charge in [0.05, 0.1) is 22.9 Å². The monoisotopic (exact) mass is 645 g/mol. The van der Waals surface area contributed by atoms with Crippen LogP contribution in [-0.2, 0) is 22.0 Å². The third-order valence-electron chi connectivity index (χ3n) is 6.82. The van der Waals surface area contributed by atoms with Gasteiger partial charge in [0.1, 0.15) is 22.9 Å². The van der Waals surface area contributed by atoms with Crippen molar-refractivity contribution in [3.8, 4) is 45.1 Å². The summed E-state index contributed by atoms with van der Waals surface area (Å²) in [7, 11) is -4.03. The maximum Gasteiger partial charge on any atom is 0.573 e. The van der Waals surface area contributed by atoms with Crippen molar-refractivity contribution >= 4 is 9.84 Å². The number of ether oxygens (including phenoxy) is 1. The first-order chi connectivity index (χ1) is 20.9. The van der Waals surface area contributed by atoms with Crippen LogP contribution in [0.4, 0.5) is 17.6 Å². The molecule has 14 heteroatoms. The summed E-state index contributed by atoms with van der Waals surface area (Å²) < 4.78 is 90.9. The van der Waals surface area contributed by atoms with Gasteiger partial charge in [-0.15, -0.1) is 13.2 Å². The number of benzene rings is 3. The Balaban J connectivity index is 1.82. The average Bonchev–Trinajstić information content (AvgIpc) is 3.59. The lowest BCUT2D eigenvalue weighted by atomic mass is 9.97. The fourth-order valence-corrected chi connectivity index (χ4v) is 5.61.